The predicted octanol–water partition coefficient (Wildman–Crippen LogP) is 3.03. The van der Waals surface area contributed by atoms with E-state index < -0.39 is 0 Å². The van der Waals surface area contributed by atoms with E-state index >= 15 is 0 Å². The molecule has 0 aliphatic heterocycles. The number of hydrogen-bond donors (Lipinski definition) is 2. The number of nitrogens with zero attached hydrogens (tertiary/aromatic N) is 2. The standard InChI is InChI=1S/C19H18N4O/c1-23-12-10-13-14(5-4-8-17(13)23)19(24)20-11-9-18-21-15-6-2-3-7-16(15)22-18/h2-8,10,12H,9,11H2,1H3,(H,20,24)(H,21,22). The maximum atomic E-state index is 12.5. The maximum absolute atomic E-state index is 12.5. The Kier molecular flexibility index (Phi) is 3.54. The Morgan fingerprint density at radius 3 is 2.92 bits per heavy atom. The number of benzene rings is 2. The lowest BCUT2D eigenvalue weighted by molar-refractivity contribution is 0.0955. The molecular weight excluding hydrogens is 300 g/mol. The Bertz CT molecular complexity index is 995. The number of aryl methyl sites for hydroxylation is 1. The van der Waals surface area contributed by atoms with Crippen molar-refractivity contribution >= 4 is 27.8 Å². The highest BCUT2D eigenvalue weighted by atomic mass is 16.1. The Labute approximate surface area is 139 Å². The van der Waals surface area contributed by atoms with Gasteiger partial charge in [0.1, 0.15) is 5.82 Å². The number of aromatic nitrogens is 3. The molecule has 0 radical (unpaired) electrons. The van der Waals surface area contributed by atoms with Gasteiger partial charge >= 0.3 is 0 Å². The van der Waals surface area contributed by atoms with Gasteiger partial charge in [0.25, 0.3) is 5.91 Å². The van der Waals surface area contributed by atoms with Crippen LogP contribution in [0.1, 0.15) is 16.2 Å². The van der Waals surface area contributed by atoms with E-state index in [2.05, 4.69) is 15.3 Å². The van der Waals surface area contributed by atoms with Crippen molar-refractivity contribution < 1.29 is 4.79 Å². The lowest BCUT2D eigenvalue weighted by Gasteiger charge is -2.06. The summed E-state index contributed by atoms with van der Waals surface area (Å²) in [6.07, 6.45) is 2.64. The fourth-order valence-electron chi connectivity index (χ4n) is 3.01. The van der Waals surface area contributed by atoms with Crippen LogP contribution in [0.15, 0.2) is 54.7 Å². The van der Waals surface area contributed by atoms with Gasteiger partial charge in [-0.05, 0) is 30.3 Å². The van der Waals surface area contributed by atoms with Gasteiger partial charge in [-0.3, -0.25) is 4.79 Å². The lowest BCUT2D eigenvalue weighted by Crippen LogP contribution is -2.26. The Hall–Kier alpha value is -3.08. The van der Waals surface area contributed by atoms with Crippen LogP contribution in [-0.4, -0.2) is 27.0 Å². The van der Waals surface area contributed by atoms with Gasteiger partial charge in [0.15, 0.2) is 0 Å². The van der Waals surface area contributed by atoms with Crippen molar-refractivity contribution in [3.8, 4) is 0 Å². The maximum Gasteiger partial charge on any atom is 0.251 e. The molecule has 2 aromatic heterocycles. The molecule has 1 amide bonds. The largest absolute Gasteiger partial charge is 0.352 e. The average molecular weight is 318 g/mol. The highest BCUT2D eigenvalue weighted by Crippen LogP contribution is 2.19. The number of fused-ring (bicyclic) bond motifs is 2. The van der Waals surface area contributed by atoms with Crippen molar-refractivity contribution in [3.05, 3.63) is 66.1 Å². The van der Waals surface area contributed by atoms with Gasteiger partial charge in [-0.25, -0.2) is 4.98 Å². The molecule has 2 heterocycles. The summed E-state index contributed by atoms with van der Waals surface area (Å²) in [5.41, 5.74) is 3.73. The molecule has 0 bridgehead atoms. The first-order valence-electron chi connectivity index (χ1n) is 7.98. The van der Waals surface area contributed by atoms with E-state index in [0.29, 0.717) is 18.5 Å². The number of aromatic amines is 1. The molecule has 0 aliphatic rings. The van der Waals surface area contributed by atoms with E-state index in [-0.39, 0.29) is 5.91 Å². The minimum atomic E-state index is -0.0529. The molecular formula is C19H18N4O. The van der Waals surface area contributed by atoms with Crippen molar-refractivity contribution in [3.63, 3.8) is 0 Å². The molecule has 0 saturated heterocycles. The fraction of sp³-hybridized carbons (Fsp3) is 0.158. The monoisotopic (exact) mass is 318 g/mol. The smallest absolute Gasteiger partial charge is 0.251 e. The van der Waals surface area contributed by atoms with Crippen LogP contribution in [0.5, 0.6) is 0 Å². The van der Waals surface area contributed by atoms with Crippen LogP contribution in [0, 0.1) is 0 Å². The number of H-pyrrole nitrogens is 1. The number of para-hydroxylation sites is 2. The van der Waals surface area contributed by atoms with Crippen molar-refractivity contribution in [2.45, 2.75) is 6.42 Å². The minimum Gasteiger partial charge on any atom is -0.352 e. The zero-order chi connectivity index (χ0) is 16.5. The summed E-state index contributed by atoms with van der Waals surface area (Å²) in [5.74, 6) is 0.831. The summed E-state index contributed by atoms with van der Waals surface area (Å²) in [5, 5.41) is 3.96. The molecule has 2 N–H and O–H groups in total. The first-order valence-corrected chi connectivity index (χ1v) is 7.98. The molecule has 0 unspecified atom stereocenters. The number of rotatable bonds is 4. The fourth-order valence-corrected chi connectivity index (χ4v) is 3.01. The zero-order valence-corrected chi connectivity index (χ0v) is 13.4. The van der Waals surface area contributed by atoms with E-state index in [1.165, 1.54) is 0 Å². The summed E-state index contributed by atoms with van der Waals surface area (Å²) >= 11 is 0. The quantitative estimate of drug-likeness (QED) is 0.607. The number of carbonyl (C=O) groups excluding carboxylic acids is 1. The molecule has 0 aliphatic carbocycles. The van der Waals surface area contributed by atoms with Crippen LogP contribution < -0.4 is 5.32 Å². The van der Waals surface area contributed by atoms with Crippen LogP contribution >= 0.6 is 0 Å². The molecule has 0 fully saturated rings. The van der Waals surface area contributed by atoms with E-state index in [0.717, 1.165) is 27.8 Å². The van der Waals surface area contributed by atoms with E-state index in [9.17, 15) is 4.79 Å². The number of hydrogen-bond acceptors (Lipinski definition) is 2. The second-order valence-electron chi connectivity index (χ2n) is 5.87. The van der Waals surface area contributed by atoms with Gasteiger partial charge in [-0.1, -0.05) is 18.2 Å². The normalized spacial score (nSPS) is 11.2. The van der Waals surface area contributed by atoms with Crippen molar-refractivity contribution in [1.82, 2.24) is 19.9 Å². The van der Waals surface area contributed by atoms with E-state index in [1.54, 1.807) is 0 Å². The topological polar surface area (TPSA) is 62.7 Å². The van der Waals surface area contributed by atoms with E-state index in [4.69, 9.17) is 0 Å². The van der Waals surface area contributed by atoms with Crippen molar-refractivity contribution in [2.24, 2.45) is 7.05 Å². The van der Waals surface area contributed by atoms with Gasteiger partial charge < -0.3 is 14.9 Å². The molecule has 0 saturated carbocycles. The number of carbonyl (C=O) groups is 1. The molecule has 24 heavy (non-hydrogen) atoms. The highest BCUT2D eigenvalue weighted by Gasteiger charge is 2.11. The summed E-state index contributed by atoms with van der Waals surface area (Å²) < 4.78 is 2.01. The SMILES string of the molecule is Cn1ccc2c(C(=O)NCCc3nc4ccccc4[nH]3)cccc21. The Balaban J connectivity index is 1.46. The molecule has 120 valence electrons. The third kappa shape index (κ3) is 2.54. The van der Waals surface area contributed by atoms with Gasteiger partial charge in [-0.2, -0.15) is 0 Å². The third-order valence-corrected chi connectivity index (χ3v) is 4.26. The Morgan fingerprint density at radius 1 is 1.17 bits per heavy atom. The number of imidazole rings is 1. The first-order chi connectivity index (χ1) is 11.7. The minimum absolute atomic E-state index is 0.0529. The number of amides is 1. The second kappa shape index (κ2) is 5.85. The second-order valence-corrected chi connectivity index (χ2v) is 5.87. The molecule has 5 heteroatoms. The van der Waals surface area contributed by atoms with Crippen LogP contribution in [-0.2, 0) is 13.5 Å². The molecule has 4 rings (SSSR count). The first kappa shape index (κ1) is 14.5. The third-order valence-electron chi connectivity index (χ3n) is 4.26. The molecule has 2 aromatic carbocycles. The van der Waals surface area contributed by atoms with Crippen LogP contribution in [0.25, 0.3) is 21.9 Å². The van der Waals surface area contributed by atoms with E-state index in [1.807, 2.05) is 66.3 Å². The van der Waals surface area contributed by atoms with Crippen LogP contribution in [0.4, 0.5) is 0 Å². The van der Waals surface area contributed by atoms with Crippen LogP contribution in [0.3, 0.4) is 0 Å². The summed E-state index contributed by atoms with van der Waals surface area (Å²) in [6.45, 7) is 0.544. The van der Waals surface area contributed by atoms with Gasteiger partial charge in [-0.15, -0.1) is 0 Å². The summed E-state index contributed by atoms with van der Waals surface area (Å²) in [7, 11) is 1.98. The average Bonchev–Trinajstić information content (AvgIpc) is 3.18. The summed E-state index contributed by atoms with van der Waals surface area (Å²) in [4.78, 5) is 20.3. The van der Waals surface area contributed by atoms with Gasteiger partial charge in [0.2, 0.25) is 0 Å². The van der Waals surface area contributed by atoms with Gasteiger partial charge in [0, 0.05) is 42.7 Å². The van der Waals surface area contributed by atoms with Crippen molar-refractivity contribution in [2.75, 3.05) is 6.54 Å². The molecule has 5 nitrogen and oxygen atoms in total. The predicted molar refractivity (Wildman–Crippen MR) is 95.0 cm³/mol. The lowest BCUT2D eigenvalue weighted by atomic mass is 10.1. The molecule has 0 atom stereocenters. The molecule has 4 aromatic rings. The zero-order valence-electron chi connectivity index (χ0n) is 13.4. The molecule has 0 spiro atoms. The van der Waals surface area contributed by atoms with Gasteiger partial charge in [0.05, 0.1) is 11.0 Å². The van der Waals surface area contributed by atoms with Crippen molar-refractivity contribution in [1.29, 1.82) is 0 Å². The van der Waals surface area contributed by atoms with Crippen LogP contribution in [0.2, 0.25) is 0 Å². The highest BCUT2D eigenvalue weighted by molar-refractivity contribution is 6.06. The Morgan fingerprint density at radius 2 is 2.04 bits per heavy atom. The number of nitrogens with one attached hydrogen (secondary N) is 2. The summed E-state index contributed by atoms with van der Waals surface area (Å²) in [6, 6.07) is 15.7.